The van der Waals surface area contributed by atoms with E-state index >= 15 is 0 Å². The number of anilines is 2. The number of hydrogen-bond acceptors (Lipinski definition) is 5. The molecule has 27 heavy (non-hydrogen) atoms. The Morgan fingerprint density at radius 3 is 2.48 bits per heavy atom. The molecule has 0 aliphatic carbocycles. The van der Waals surface area contributed by atoms with Crippen LogP contribution in [-0.2, 0) is 6.54 Å². The highest BCUT2D eigenvalue weighted by molar-refractivity contribution is 6.04. The lowest BCUT2D eigenvalue weighted by Crippen LogP contribution is -2.14. The molecule has 2 N–H and O–H groups in total. The van der Waals surface area contributed by atoms with Gasteiger partial charge in [-0.2, -0.15) is 0 Å². The van der Waals surface area contributed by atoms with E-state index in [4.69, 9.17) is 4.74 Å². The maximum absolute atomic E-state index is 12.4. The van der Waals surface area contributed by atoms with E-state index in [0.717, 1.165) is 0 Å². The second kappa shape index (κ2) is 8.80. The molecule has 0 unspecified atom stereocenters. The average molecular weight is 362 g/mol. The fraction of sp³-hybridized carbons (Fsp3) is 0.190. The van der Waals surface area contributed by atoms with Crippen molar-refractivity contribution >= 4 is 17.5 Å². The van der Waals surface area contributed by atoms with E-state index in [1.807, 2.05) is 37.3 Å². The summed E-state index contributed by atoms with van der Waals surface area (Å²) in [5, 5.41) is 6.00. The molecule has 1 heterocycles. The number of benzene rings is 2. The number of nitrogens with zero attached hydrogens (tertiary/aromatic N) is 2. The number of aryl methyl sites for hydroxylation is 1. The van der Waals surface area contributed by atoms with Crippen molar-refractivity contribution in [3.05, 3.63) is 77.6 Å². The first-order valence-corrected chi connectivity index (χ1v) is 8.81. The van der Waals surface area contributed by atoms with Crippen molar-refractivity contribution in [1.29, 1.82) is 0 Å². The van der Waals surface area contributed by atoms with Crippen LogP contribution in [0.1, 0.15) is 28.4 Å². The van der Waals surface area contributed by atoms with Gasteiger partial charge in [0.25, 0.3) is 5.91 Å². The van der Waals surface area contributed by atoms with Crippen molar-refractivity contribution in [1.82, 2.24) is 9.97 Å². The SMILES string of the molecule is CCOc1ccccc1NC(=O)c1cnc(NCc2ccccc2C)nc1. The minimum Gasteiger partial charge on any atom is -0.492 e. The van der Waals surface area contributed by atoms with Gasteiger partial charge in [0.1, 0.15) is 5.75 Å². The standard InChI is InChI=1S/C21H22N4O2/c1-3-27-19-11-7-6-10-18(19)25-20(26)17-13-23-21(24-14-17)22-12-16-9-5-4-8-15(16)2/h4-11,13-14H,3,12H2,1-2H3,(H,25,26)(H,22,23,24). The van der Waals surface area contributed by atoms with Crippen molar-refractivity contribution in [3.8, 4) is 5.75 Å². The molecular formula is C21H22N4O2. The van der Waals surface area contributed by atoms with Crippen LogP contribution in [0.2, 0.25) is 0 Å². The van der Waals surface area contributed by atoms with E-state index in [9.17, 15) is 4.79 Å². The number of amides is 1. The zero-order chi connectivity index (χ0) is 19.1. The zero-order valence-electron chi connectivity index (χ0n) is 15.4. The third-order valence-electron chi connectivity index (χ3n) is 4.05. The molecule has 2 aromatic carbocycles. The molecule has 0 spiro atoms. The van der Waals surface area contributed by atoms with Crippen molar-refractivity contribution in [3.63, 3.8) is 0 Å². The van der Waals surface area contributed by atoms with Crippen molar-refractivity contribution in [2.45, 2.75) is 20.4 Å². The second-order valence-corrected chi connectivity index (χ2v) is 5.96. The Kier molecular flexibility index (Phi) is 5.99. The molecular weight excluding hydrogens is 340 g/mol. The van der Waals surface area contributed by atoms with E-state index in [0.29, 0.717) is 36.1 Å². The van der Waals surface area contributed by atoms with Crippen LogP contribution in [-0.4, -0.2) is 22.5 Å². The summed E-state index contributed by atoms with van der Waals surface area (Å²) in [6.07, 6.45) is 3.01. The topological polar surface area (TPSA) is 76.1 Å². The monoisotopic (exact) mass is 362 g/mol. The average Bonchev–Trinajstić information content (AvgIpc) is 2.69. The highest BCUT2D eigenvalue weighted by Gasteiger charge is 2.11. The number of carbonyl (C=O) groups excluding carboxylic acids is 1. The number of hydrogen-bond donors (Lipinski definition) is 2. The van der Waals surface area contributed by atoms with E-state index < -0.39 is 0 Å². The van der Waals surface area contributed by atoms with Gasteiger partial charge >= 0.3 is 0 Å². The summed E-state index contributed by atoms with van der Waals surface area (Å²) in [5.74, 6) is 0.822. The molecule has 3 rings (SSSR count). The number of carbonyl (C=O) groups is 1. The van der Waals surface area contributed by atoms with Crippen LogP contribution in [0.3, 0.4) is 0 Å². The molecule has 0 radical (unpaired) electrons. The summed E-state index contributed by atoms with van der Waals surface area (Å²) in [6.45, 7) is 5.11. The van der Waals surface area contributed by atoms with Crippen LogP contribution >= 0.6 is 0 Å². The summed E-state index contributed by atoms with van der Waals surface area (Å²) in [5.41, 5.74) is 3.37. The second-order valence-electron chi connectivity index (χ2n) is 5.96. The molecule has 1 amide bonds. The van der Waals surface area contributed by atoms with E-state index in [1.54, 1.807) is 6.07 Å². The quantitative estimate of drug-likeness (QED) is 0.663. The molecule has 0 aliphatic heterocycles. The molecule has 6 heteroatoms. The predicted molar refractivity (Wildman–Crippen MR) is 106 cm³/mol. The summed E-state index contributed by atoms with van der Waals surface area (Å²) in [7, 11) is 0. The Bertz CT molecular complexity index is 910. The van der Waals surface area contributed by atoms with Gasteiger partial charge in [0.2, 0.25) is 5.95 Å². The number of rotatable bonds is 7. The fourth-order valence-corrected chi connectivity index (χ4v) is 2.57. The van der Waals surface area contributed by atoms with Gasteiger partial charge in [-0.25, -0.2) is 9.97 Å². The Morgan fingerprint density at radius 2 is 1.74 bits per heavy atom. The third-order valence-corrected chi connectivity index (χ3v) is 4.05. The van der Waals surface area contributed by atoms with Gasteiger partial charge in [0, 0.05) is 18.9 Å². The van der Waals surface area contributed by atoms with E-state index in [1.165, 1.54) is 23.5 Å². The first kappa shape index (κ1) is 18.4. The highest BCUT2D eigenvalue weighted by atomic mass is 16.5. The maximum Gasteiger partial charge on any atom is 0.258 e. The number of nitrogens with one attached hydrogen (secondary N) is 2. The molecule has 0 aliphatic rings. The Hall–Kier alpha value is -3.41. The Morgan fingerprint density at radius 1 is 1.04 bits per heavy atom. The number of ether oxygens (including phenoxy) is 1. The Labute approximate surface area is 158 Å². The van der Waals surface area contributed by atoms with Gasteiger partial charge in [-0.15, -0.1) is 0 Å². The summed E-state index contributed by atoms with van der Waals surface area (Å²) < 4.78 is 5.52. The zero-order valence-corrected chi connectivity index (χ0v) is 15.4. The largest absolute Gasteiger partial charge is 0.492 e. The predicted octanol–water partition coefficient (Wildman–Crippen LogP) is 4.05. The summed E-state index contributed by atoms with van der Waals surface area (Å²) in [4.78, 5) is 20.9. The van der Waals surface area contributed by atoms with Crippen molar-refractivity contribution in [2.75, 3.05) is 17.2 Å². The third kappa shape index (κ3) is 4.82. The number of para-hydroxylation sites is 2. The molecule has 0 saturated heterocycles. The van der Waals surface area contributed by atoms with Crippen LogP contribution in [0.15, 0.2) is 60.9 Å². The molecule has 1 aromatic heterocycles. The molecule has 3 aromatic rings. The summed E-state index contributed by atoms with van der Waals surface area (Å²) in [6, 6.07) is 15.4. The normalized spacial score (nSPS) is 10.3. The molecule has 6 nitrogen and oxygen atoms in total. The fourth-order valence-electron chi connectivity index (χ4n) is 2.57. The summed E-state index contributed by atoms with van der Waals surface area (Å²) >= 11 is 0. The molecule has 0 saturated carbocycles. The van der Waals surface area contributed by atoms with Crippen LogP contribution in [0.4, 0.5) is 11.6 Å². The van der Waals surface area contributed by atoms with Crippen LogP contribution in [0, 0.1) is 6.92 Å². The first-order valence-electron chi connectivity index (χ1n) is 8.81. The van der Waals surface area contributed by atoms with E-state index in [2.05, 4.69) is 39.7 Å². The lowest BCUT2D eigenvalue weighted by atomic mass is 10.1. The highest BCUT2D eigenvalue weighted by Crippen LogP contribution is 2.24. The van der Waals surface area contributed by atoms with Gasteiger partial charge in [-0.05, 0) is 37.1 Å². The van der Waals surface area contributed by atoms with Gasteiger partial charge in [-0.3, -0.25) is 4.79 Å². The van der Waals surface area contributed by atoms with Gasteiger partial charge in [0.15, 0.2) is 0 Å². The van der Waals surface area contributed by atoms with Crippen molar-refractivity contribution in [2.24, 2.45) is 0 Å². The van der Waals surface area contributed by atoms with Crippen LogP contribution < -0.4 is 15.4 Å². The minimum atomic E-state index is -0.285. The first-order chi connectivity index (χ1) is 13.2. The van der Waals surface area contributed by atoms with Crippen LogP contribution in [0.5, 0.6) is 5.75 Å². The van der Waals surface area contributed by atoms with Gasteiger partial charge in [0.05, 0.1) is 17.9 Å². The van der Waals surface area contributed by atoms with Crippen LogP contribution in [0.25, 0.3) is 0 Å². The molecule has 0 fully saturated rings. The Balaban J connectivity index is 1.63. The maximum atomic E-state index is 12.4. The van der Waals surface area contributed by atoms with Crippen molar-refractivity contribution < 1.29 is 9.53 Å². The van der Waals surface area contributed by atoms with Gasteiger partial charge in [-0.1, -0.05) is 36.4 Å². The molecule has 138 valence electrons. The smallest absolute Gasteiger partial charge is 0.258 e. The molecule has 0 bridgehead atoms. The van der Waals surface area contributed by atoms with Gasteiger partial charge < -0.3 is 15.4 Å². The number of aromatic nitrogens is 2. The van der Waals surface area contributed by atoms with E-state index in [-0.39, 0.29) is 5.91 Å². The lowest BCUT2D eigenvalue weighted by Gasteiger charge is -2.11. The molecule has 0 atom stereocenters. The lowest BCUT2D eigenvalue weighted by molar-refractivity contribution is 0.102. The minimum absolute atomic E-state index is 0.285.